The Hall–Kier alpha value is -3.54. The van der Waals surface area contributed by atoms with Crippen LogP contribution in [0.25, 0.3) is 21.9 Å². The van der Waals surface area contributed by atoms with E-state index < -0.39 is 0 Å². The smallest absolute Gasteiger partial charge is 0.255 e. The zero-order chi connectivity index (χ0) is 20.2. The molecule has 29 heavy (non-hydrogen) atoms. The van der Waals surface area contributed by atoms with Crippen molar-refractivity contribution in [2.24, 2.45) is 0 Å². The number of hydrogen-bond donors (Lipinski definition) is 1. The van der Waals surface area contributed by atoms with Gasteiger partial charge in [0, 0.05) is 23.5 Å². The first-order valence-corrected chi connectivity index (χ1v) is 9.49. The number of aryl methyl sites for hydroxylation is 1. The summed E-state index contributed by atoms with van der Waals surface area (Å²) in [5.41, 5.74) is 2.05. The molecule has 2 aromatic heterocycles. The van der Waals surface area contributed by atoms with Crippen LogP contribution in [0.15, 0.2) is 59.1 Å². The summed E-state index contributed by atoms with van der Waals surface area (Å²) in [6.07, 6.45) is 2.43. The normalized spacial score (nSPS) is 11.0. The number of fused-ring (bicyclic) bond motifs is 2. The van der Waals surface area contributed by atoms with Gasteiger partial charge in [-0.3, -0.25) is 9.78 Å². The van der Waals surface area contributed by atoms with Crippen LogP contribution in [0, 0.1) is 6.92 Å². The molecule has 4 aromatic rings. The Morgan fingerprint density at radius 3 is 2.90 bits per heavy atom. The van der Waals surface area contributed by atoms with E-state index in [9.17, 15) is 4.79 Å². The van der Waals surface area contributed by atoms with E-state index in [1.54, 1.807) is 20.2 Å². The first kappa shape index (κ1) is 18.8. The molecule has 0 atom stereocenters. The molecule has 1 N–H and O–H groups in total. The Morgan fingerprint density at radius 1 is 1.17 bits per heavy atom. The molecule has 0 aliphatic rings. The summed E-state index contributed by atoms with van der Waals surface area (Å²) in [4.78, 5) is 17.1. The summed E-state index contributed by atoms with van der Waals surface area (Å²) < 4.78 is 16.8. The molecule has 0 saturated heterocycles. The highest BCUT2D eigenvalue weighted by Crippen LogP contribution is 2.29. The molecule has 0 bridgehead atoms. The maximum atomic E-state index is 12.7. The number of benzene rings is 2. The van der Waals surface area contributed by atoms with Crippen LogP contribution in [0.3, 0.4) is 0 Å². The number of carbonyl (C=O) groups is 1. The van der Waals surface area contributed by atoms with Crippen LogP contribution in [0.5, 0.6) is 11.5 Å². The highest BCUT2D eigenvalue weighted by atomic mass is 16.5. The largest absolute Gasteiger partial charge is 0.497 e. The molecule has 0 aliphatic carbocycles. The van der Waals surface area contributed by atoms with Crippen molar-refractivity contribution in [1.29, 1.82) is 0 Å². The fraction of sp³-hybridized carbons (Fsp3) is 0.217. The molecule has 2 heterocycles. The van der Waals surface area contributed by atoms with Gasteiger partial charge in [0.2, 0.25) is 0 Å². The third kappa shape index (κ3) is 3.87. The molecule has 0 saturated carbocycles. The number of amides is 1. The SMILES string of the molecule is COc1ccc2oc(C)c(C(=O)NCCCOc3cccc4cccnc34)c2c1. The van der Waals surface area contributed by atoms with Crippen molar-refractivity contribution in [2.75, 3.05) is 20.3 Å². The van der Waals surface area contributed by atoms with Gasteiger partial charge in [0.05, 0.1) is 19.3 Å². The van der Waals surface area contributed by atoms with Crippen LogP contribution in [-0.4, -0.2) is 31.2 Å². The third-order valence-corrected chi connectivity index (χ3v) is 4.76. The fourth-order valence-corrected chi connectivity index (χ4v) is 3.35. The van der Waals surface area contributed by atoms with Gasteiger partial charge >= 0.3 is 0 Å². The zero-order valence-electron chi connectivity index (χ0n) is 16.4. The van der Waals surface area contributed by atoms with Crippen molar-refractivity contribution in [3.63, 3.8) is 0 Å². The molecule has 0 aliphatic heterocycles. The number of rotatable bonds is 7. The lowest BCUT2D eigenvalue weighted by Crippen LogP contribution is -2.26. The van der Waals surface area contributed by atoms with Crippen LogP contribution >= 0.6 is 0 Å². The number of para-hydroxylation sites is 1. The highest BCUT2D eigenvalue weighted by molar-refractivity contribution is 6.07. The summed E-state index contributed by atoms with van der Waals surface area (Å²) in [6.45, 7) is 2.76. The molecule has 0 spiro atoms. The van der Waals surface area contributed by atoms with Crippen molar-refractivity contribution in [2.45, 2.75) is 13.3 Å². The number of hydrogen-bond acceptors (Lipinski definition) is 5. The Bertz CT molecular complexity index is 1160. The van der Waals surface area contributed by atoms with Crippen LogP contribution in [0.1, 0.15) is 22.5 Å². The second kappa shape index (κ2) is 8.22. The lowest BCUT2D eigenvalue weighted by molar-refractivity contribution is 0.0951. The van der Waals surface area contributed by atoms with E-state index in [1.165, 1.54) is 0 Å². The summed E-state index contributed by atoms with van der Waals surface area (Å²) in [5.74, 6) is 1.85. The Morgan fingerprint density at radius 2 is 2.03 bits per heavy atom. The van der Waals surface area contributed by atoms with E-state index in [0.29, 0.717) is 42.2 Å². The number of ether oxygens (including phenoxy) is 2. The average Bonchev–Trinajstić information content (AvgIpc) is 3.08. The predicted molar refractivity (Wildman–Crippen MR) is 112 cm³/mol. The summed E-state index contributed by atoms with van der Waals surface area (Å²) in [7, 11) is 1.60. The van der Waals surface area contributed by atoms with Crippen molar-refractivity contribution < 1.29 is 18.7 Å². The van der Waals surface area contributed by atoms with E-state index in [-0.39, 0.29) is 5.91 Å². The first-order valence-electron chi connectivity index (χ1n) is 9.49. The minimum atomic E-state index is -0.165. The number of pyridine rings is 1. The summed E-state index contributed by atoms with van der Waals surface area (Å²) >= 11 is 0. The lowest BCUT2D eigenvalue weighted by atomic mass is 10.1. The van der Waals surface area contributed by atoms with Crippen LogP contribution in [0.2, 0.25) is 0 Å². The minimum absolute atomic E-state index is 0.165. The predicted octanol–water partition coefficient (Wildman–Crippen LogP) is 4.50. The van der Waals surface area contributed by atoms with Gasteiger partial charge in [-0.2, -0.15) is 0 Å². The molecule has 6 nitrogen and oxygen atoms in total. The highest BCUT2D eigenvalue weighted by Gasteiger charge is 2.18. The van der Waals surface area contributed by atoms with Gasteiger partial charge in [0.15, 0.2) is 0 Å². The van der Waals surface area contributed by atoms with Crippen molar-refractivity contribution in [3.05, 3.63) is 66.1 Å². The molecule has 2 aromatic carbocycles. The van der Waals surface area contributed by atoms with Crippen molar-refractivity contribution >= 4 is 27.8 Å². The van der Waals surface area contributed by atoms with Gasteiger partial charge in [0.25, 0.3) is 5.91 Å². The standard InChI is InChI=1S/C23H22N2O4/c1-15-21(18-14-17(27-2)9-10-19(18)29-15)23(26)25-12-5-13-28-20-8-3-6-16-7-4-11-24-22(16)20/h3-4,6-11,14H,5,12-13H2,1-2H3,(H,25,26). The summed E-state index contributed by atoms with van der Waals surface area (Å²) in [5, 5.41) is 4.73. The zero-order valence-corrected chi connectivity index (χ0v) is 16.4. The van der Waals surface area contributed by atoms with Gasteiger partial charge in [0.1, 0.15) is 28.4 Å². The van der Waals surface area contributed by atoms with E-state index in [4.69, 9.17) is 13.9 Å². The van der Waals surface area contributed by atoms with E-state index >= 15 is 0 Å². The Kier molecular flexibility index (Phi) is 5.33. The fourth-order valence-electron chi connectivity index (χ4n) is 3.35. The van der Waals surface area contributed by atoms with Gasteiger partial charge in [-0.05, 0) is 43.7 Å². The average molecular weight is 390 g/mol. The molecular weight excluding hydrogens is 368 g/mol. The number of nitrogens with one attached hydrogen (secondary N) is 1. The second-order valence-corrected chi connectivity index (χ2v) is 6.68. The minimum Gasteiger partial charge on any atom is -0.497 e. The van der Waals surface area contributed by atoms with Gasteiger partial charge in [-0.25, -0.2) is 0 Å². The van der Waals surface area contributed by atoms with E-state index in [0.717, 1.165) is 22.0 Å². The van der Waals surface area contributed by atoms with Crippen LogP contribution in [-0.2, 0) is 0 Å². The molecule has 0 unspecified atom stereocenters. The number of carbonyl (C=O) groups excluding carboxylic acids is 1. The quantitative estimate of drug-likeness (QED) is 0.471. The molecule has 6 heteroatoms. The maximum Gasteiger partial charge on any atom is 0.255 e. The lowest BCUT2D eigenvalue weighted by Gasteiger charge is -2.09. The first-order chi connectivity index (χ1) is 14.2. The number of methoxy groups -OCH3 is 1. The Labute approximate surface area is 168 Å². The van der Waals surface area contributed by atoms with Gasteiger partial charge in [-0.15, -0.1) is 0 Å². The number of furan rings is 1. The Balaban J connectivity index is 1.36. The van der Waals surface area contributed by atoms with Gasteiger partial charge in [-0.1, -0.05) is 18.2 Å². The summed E-state index contributed by atoms with van der Waals surface area (Å²) in [6, 6.07) is 15.2. The van der Waals surface area contributed by atoms with Crippen LogP contribution < -0.4 is 14.8 Å². The number of aromatic nitrogens is 1. The third-order valence-electron chi connectivity index (χ3n) is 4.76. The topological polar surface area (TPSA) is 73.6 Å². The maximum absolute atomic E-state index is 12.7. The van der Waals surface area contributed by atoms with E-state index in [1.807, 2.05) is 48.5 Å². The molecule has 0 fully saturated rings. The second-order valence-electron chi connectivity index (χ2n) is 6.68. The molecule has 4 rings (SSSR count). The van der Waals surface area contributed by atoms with Gasteiger partial charge < -0.3 is 19.2 Å². The van der Waals surface area contributed by atoms with E-state index in [2.05, 4.69) is 10.3 Å². The molecular formula is C23H22N2O4. The monoisotopic (exact) mass is 390 g/mol. The van der Waals surface area contributed by atoms with Crippen molar-refractivity contribution in [3.8, 4) is 11.5 Å². The molecule has 1 amide bonds. The van der Waals surface area contributed by atoms with Crippen molar-refractivity contribution in [1.82, 2.24) is 10.3 Å². The molecule has 0 radical (unpaired) electrons. The molecule has 148 valence electrons. The van der Waals surface area contributed by atoms with Crippen LogP contribution in [0.4, 0.5) is 0 Å². The number of nitrogens with zero attached hydrogens (tertiary/aromatic N) is 1.